The average molecular weight is 288 g/mol. The Labute approximate surface area is 118 Å². The number of hydrogen-bond donors (Lipinski definition) is 3. The summed E-state index contributed by atoms with van der Waals surface area (Å²) in [6.45, 7) is 6.77. The van der Waals surface area contributed by atoms with Crippen molar-refractivity contribution in [1.82, 2.24) is 5.32 Å². The number of amides is 1. The number of Topliss-reactive ketones (excluding diaryl/α,β-unsaturated/α-hetero) is 1. The van der Waals surface area contributed by atoms with Gasteiger partial charge < -0.3 is 20.9 Å². The molecule has 0 aliphatic carbocycles. The molecular weight excluding hydrogens is 264 g/mol. The molecule has 0 radical (unpaired) electrons. The maximum Gasteiger partial charge on any atom is 0.407 e. The second-order valence-corrected chi connectivity index (χ2v) is 5.72. The molecule has 0 aromatic heterocycles. The topological polar surface area (TPSA) is 119 Å². The molecule has 1 atom stereocenters. The van der Waals surface area contributed by atoms with Crippen molar-refractivity contribution < 1.29 is 24.2 Å². The number of carbonyl (C=O) groups is 3. The van der Waals surface area contributed by atoms with E-state index in [1.165, 1.54) is 0 Å². The van der Waals surface area contributed by atoms with E-state index in [9.17, 15) is 14.4 Å². The van der Waals surface area contributed by atoms with E-state index in [1.54, 1.807) is 20.8 Å². The molecule has 0 rings (SSSR count). The number of carboxylic acids is 1. The third kappa shape index (κ3) is 6.51. The van der Waals surface area contributed by atoms with Gasteiger partial charge in [-0.3, -0.25) is 4.79 Å². The minimum atomic E-state index is -1.84. The molecule has 0 heterocycles. The van der Waals surface area contributed by atoms with Crippen molar-refractivity contribution in [3.63, 3.8) is 0 Å². The number of ether oxygens (including phenoxy) is 1. The molecule has 4 N–H and O–H groups in total. The van der Waals surface area contributed by atoms with Crippen molar-refractivity contribution in [3.8, 4) is 0 Å². The number of hydrogen-bond acceptors (Lipinski definition) is 5. The Kier molecular flexibility index (Phi) is 6.64. The quantitative estimate of drug-likeness (QED) is 0.476. The number of unbranched alkanes of at least 4 members (excludes halogenated alkanes) is 1. The highest BCUT2D eigenvalue weighted by molar-refractivity contribution is 6.06. The van der Waals surface area contributed by atoms with E-state index in [-0.39, 0.29) is 6.42 Å². The molecule has 20 heavy (non-hydrogen) atoms. The van der Waals surface area contributed by atoms with Crippen LogP contribution in [0.15, 0.2) is 0 Å². The highest BCUT2D eigenvalue weighted by Gasteiger charge is 2.38. The van der Waals surface area contributed by atoms with Crippen LogP contribution in [0.2, 0.25) is 0 Å². The van der Waals surface area contributed by atoms with Gasteiger partial charge in [-0.2, -0.15) is 0 Å². The molecule has 0 aliphatic rings. The third-order valence-corrected chi connectivity index (χ3v) is 2.68. The first-order valence-corrected chi connectivity index (χ1v) is 6.49. The van der Waals surface area contributed by atoms with Crippen LogP contribution in [-0.2, 0) is 14.3 Å². The van der Waals surface area contributed by atoms with Crippen molar-refractivity contribution >= 4 is 17.8 Å². The summed E-state index contributed by atoms with van der Waals surface area (Å²) in [7, 11) is 0. The van der Waals surface area contributed by atoms with Crippen LogP contribution in [0, 0.1) is 0 Å². The van der Waals surface area contributed by atoms with Crippen LogP contribution in [-0.4, -0.2) is 40.6 Å². The van der Waals surface area contributed by atoms with Gasteiger partial charge in [-0.15, -0.1) is 0 Å². The summed E-state index contributed by atoms with van der Waals surface area (Å²) >= 11 is 0. The molecule has 0 saturated heterocycles. The van der Waals surface area contributed by atoms with Crippen molar-refractivity contribution in [2.45, 2.75) is 58.1 Å². The summed E-state index contributed by atoms with van der Waals surface area (Å²) < 4.78 is 5.04. The average Bonchev–Trinajstić information content (AvgIpc) is 2.25. The molecule has 0 unspecified atom stereocenters. The molecule has 0 saturated carbocycles. The lowest BCUT2D eigenvalue weighted by Crippen LogP contribution is -2.53. The van der Waals surface area contributed by atoms with Crippen LogP contribution in [0.4, 0.5) is 4.79 Å². The van der Waals surface area contributed by atoms with Crippen LogP contribution in [0.1, 0.15) is 47.0 Å². The second-order valence-electron chi connectivity index (χ2n) is 5.72. The zero-order valence-electron chi connectivity index (χ0n) is 12.5. The highest BCUT2D eigenvalue weighted by atomic mass is 16.6. The highest BCUT2D eigenvalue weighted by Crippen LogP contribution is 2.13. The summed E-state index contributed by atoms with van der Waals surface area (Å²) in [6, 6.07) is 0. The van der Waals surface area contributed by atoms with Gasteiger partial charge in [0.15, 0.2) is 11.3 Å². The van der Waals surface area contributed by atoms with Gasteiger partial charge in [0.2, 0.25) is 0 Å². The fourth-order valence-corrected chi connectivity index (χ4v) is 1.47. The summed E-state index contributed by atoms with van der Waals surface area (Å²) in [5.41, 5.74) is 3.15. The van der Waals surface area contributed by atoms with Gasteiger partial charge in [0, 0.05) is 6.54 Å². The zero-order chi connectivity index (χ0) is 16.0. The first-order chi connectivity index (χ1) is 8.99. The predicted octanol–water partition coefficient (Wildman–Crippen LogP) is 1.05. The molecular formula is C13H24N2O5. The summed E-state index contributed by atoms with van der Waals surface area (Å²) in [5, 5.41) is 11.5. The van der Waals surface area contributed by atoms with Gasteiger partial charge in [-0.1, -0.05) is 0 Å². The number of nitrogens with one attached hydrogen (secondary N) is 1. The number of ketones is 1. The lowest BCUT2D eigenvalue weighted by atomic mass is 9.90. The Morgan fingerprint density at radius 3 is 2.15 bits per heavy atom. The molecule has 0 bridgehead atoms. The van der Waals surface area contributed by atoms with Gasteiger partial charge in [0.1, 0.15) is 5.60 Å². The van der Waals surface area contributed by atoms with Crippen LogP contribution in [0.3, 0.4) is 0 Å². The molecule has 0 aliphatic heterocycles. The van der Waals surface area contributed by atoms with E-state index in [2.05, 4.69) is 5.32 Å². The number of alkyl carbamates (subject to hydrolysis) is 1. The monoisotopic (exact) mass is 288 g/mol. The number of rotatable bonds is 7. The number of aliphatic carboxylic acids is 1. The molecule has 0 spiro atoms. The molecule has 7 nitrogen and oxygen atoms in total. The molecule has 1 amide bonds. The van der Waals surface area contributed by atoms with Crippen LogP contribution >= 0.6 is 0 Å². The van der Waals surface area contributed by atoms with Crippen LogP contribution < -0.4 is 11.1 Å². The fourth-order valence-electron chi connectivity index (χ4n) is 1.47. The Hall–Kier alpha value is -1.63. The van der Waals surface area contributed by atoms with Gasteiger partial charge >= 0.3 is 12.1 Å². The molecule has 7 heteroatoms. The maximum atomic E-state index is 11.3. The van der Waals surface area contributed by atoms with E-state index < -0.39 is 29.0 Å². The van der Waals surface area contributed by atoms with Gasteiger partial charge in [-0.05, 0) is 47.0 Å². The minimum Gasteiger partial charge on any atom is -0.480 e. The first kappa shape index (κ1) is 18.4. The number of carbonyl (C=O) groups excluding carboxylic acids is 2. The van der Waals surface area contributed by atoms with E-state index in [4.69, 9.17) is 15.6 Å². The first-order valence-electron chi connectivity index (χ1n) is 6.49. The van der Waals surface area contributed by atoms with E-state index in [1.807, 2.05) is 0 Å². The normalized spacial score (nSPS) is 14.2. The second kappa shape index (κ2) is 7.23. The summed E-state index contributed by atoms with van der Waals surface area (Å²) in [6.07, 6.45) is 0.436. The van der Waals surface area contributed by atoms with Gasteiger partial charge in [0.25, 0.3) is 0 Å². The summed E-state index contributed by atoms with van der Waals surface area (Å²) in [5.74, 6) is -1.91. The molecule has 0 aromatic carbocycles. The van der Waals surface area contributed by atoms with Gasteiger partial charge in [0.05, 0.1) is 0 Å². The minimum absolute atomic E-state index is 0.0354. The molecule has 116 valence electrons. The van der Waals surface area contributed by atoms with Crippen molar-refractivity contribution in [3.05, 3.63) is 0 Å². The number of carboxylic acid groups (broad SMARTS) is 1. The fraction of sp³-hybridized carbons (Fsp3) is 0.769. The lowest BCUT2D eigenvalue weighted by Gasteiger charge is -2.21. The lowest BCUT2D eigenvalue weighted by molar-refractivity contribution is -0.148. The van der Waals surface area contributed by atoms with E-state index in [0.717, 1.165) is 6.92 Å². The Balaban J connectivity index is 4.01. The maximum absolute atomic E-state index is 11.3. The predicted molar refractivity (Wildman–Crippen MR) is 73.3 cm³/mol. The van der Waals surface area contributed by atoms with Crippen LogP contribution in [0.5, 0.6) is 0 Å². The standard InChI is InChI=1S/C13H24N2O5/c1-9(16)13(14,10(17)18)7-5-6-8-15-11(19)20-12(2,3)4/h5-8,14H2,1-4H3,(H,15,19)(H,17,18)/t13-/m0/s1. The Bertz CT molecular complexity index is 359. The van der Waals surface area contributed by atoms with E-state index in [0.29, 0.717) is 19.4 Å². The van der Waals surface area contributed by atoms with Crippen molar-refractivity contribution in [2.75, 3.05) is 6.54 Å². The zero-order valence-corrected chi connectivity index (χ0v) is 12.5. The number of nitrogens with two attached hydrogens (primary N) is 1. The van der Waals surface area contributed by atoms with Crippen LogP contribution in [0.25, 0.3) is 0 Å². The molecule has 0 fully saturated rings. The van der Waals surface area contributed by atoms with Crippen molar-refractivity contribution in [2.24, 2.45) is 5.73 Å². The Morgan fingerprint density at radius 1 is 1.20 bits per heavy atom. The summed E-state index contributed by atoms with van der Waals surface area (Å²) in [4.78, 5) is 33.5. The SMILES string of the molecule is CC(=O)[C@@](N)(CCCCNC(=O)OC(C)(C)C)C(=O)O. The van der Waals surface area contributed by atoms with Gasteiger partial charge in [-0.25, -0.2) is 9.59 Å². The van der Waals surface area contributed by atoms with Crippen molar-refractivity contribution in [1.29, 1.82) is 0 Å². The third-order valence-electron chi connectivity index (χ3n) is 2.68. The largest absolute Gasteiger partial charge is 0.480 e. The molecule has 0 aromatic rings. The smallest absolute Gasteiger partial charge is 0.407 e. The Morgan fingerprint density at radius 2 is 1.75 bits per heavy atom. The van der Waals surface area contributed by atoms with E-state index >= 15 is 0 Å².